The highest BCUT2D eigenvalue weighted by Crippen LogP contribution is 2.33. The van der Waals surface area contributed by atoms with Gasteiger partial charge in [-0.05, 0) is 44.2 Å². The van der Waals surface area contributed by atoms with Crippen molar-refractivity contribution in [2.24, 2.45) is 18.4 Å². The summed E-state index contributed by atoms with van der Waals surface area (Å²) in [5, 5.41) is 0. The van der Waals surface area contributed by atoms with Crippen LogP contribution in [0, 0.1) is 25.2 Å². The molecule has 0 amide bonds. The third kappa shape index (κ3) is 2.98. The van der Waals surface area contributed by atoms with Gasteiger partial charge in [-0.2, -0.15) is 0 Å². The van der Waals surface area contributed by atoms with Gasteiger partial charge in [-0.25, -0.2) is 0 Å². The lowest BCUT2D eigenvalue weighted by atomic mass is 9.80. The minimum Gasteiger partial charge on any atom is -0.351 e. The van der Waals surface area contributed by atoms with Gasteiger partial charge in [0.05, 0.1) is 6.54 Å². The lowest BCUT2D eigenvalue weighted by Crippen LogP contribution is -2.30. The predicted molar refractivity (Wildman–Crippen MR) is 83.2 cm³/mol. The van der Waals surface area contributed by atoms with Crippen LogP contribution in [0.25, 0.3) is 0 Å². The monoisotopic (exact) mass is 276 g/mol. The van der Waals surface area contributed by atoms with E-state index in [1.54, 1.807) is 0 Å². The molecule has 112 valence electrons. The Balaban J connectivity index is 2.01. The normalized spacial score (nSPS) is 20.6. The smallest absolute Gasteiger partial charge is 0.178 e. The van der Waals surface area contributed by atoms with Crippen LogP contribution >= 0.6 is 0 Å². The molecule has 0 radical (unpaired) electrons. The quantitative estimate of drug-likeness (QED) is 0.792. The molecular weight excluding hydrogens is 248 g/mol. The summed E-state index contributed by atoms with van der Waals surface area (Å²) in [7, 11) is 2.02. The van der Waals surface area contributed by atoms with Gasteiger partial charge < -0.3 is 4.57 Å². The van der Waals surface area contributed by atoms with Crippen molar-refractivity contribution in [3.05, 3.63) is 23.0 Å². The Morgan fingerprint density at radius 2 is 2.00 bits per heavy atom. The summed E-state index contributed by atoms with van der Waals surface area (Å²) in [5.74, 6) is 0.967. The van der Waals surface area contributed by atoms with Gasteiger partial charge >= 0.3 is 0 Å². The van der Waals surface area contributed by atoms with Crippen molar-refractivity contribution in [3.8, 4) is 0 Å². The second-order valence-electron chi connectivity index (χ2n) is 7.35. The number of likely N-dealkylation sites (tertiary alicyclic amines) is 1. The van der Waals surface area contributed by atoms with E-state index in [0.29, 0.717) is 17.9 Å². The molecule has 1 aromatic rings. The zero-order chi connectivity index (χ0) is 15.1. The van der Waals surface area contributed by atoms with Crippen LogP contribution in [0.4, 0.5) is 0 Å². The highest BCUT2D eigenvalue weighted by atomic mass is 16.1. The number of aromatic nitrogens is 1. The fraction of sp³-hybridized carbons (Fsp3) is 0.706. The molecule has 0 aromatic carbocycles. The molecule has 0 N–H and O–H groups in total. The fourth-order valence-corrected chi connectivity index (χ4v) is 3.11. The zero-order valence-electron chi connectivity index (χ0n) is 13.8. The van der Waals surface area contributed by atoms with E-state index >= 15 is 0 Å². The Kier molecular flexibility index (Phi) is 4.10. The highest BCUT2D eigenvalue weighted by molar-refractivity contribution is 5.99. The summed E-state index contributed by atoms with van der Waals surface area (Å²) in [6.45, 7) is 13.7. The SMILES string of the molecule is Cc1cc(C(=O)CN2CCC(C(C)(C)C)C2)c(C)n1C. The summed E-state index contributed by atoms with van der Waals surface area (Å²) in [4.78, 5) is 14.8. The molecule has 1 unspecified atom stereocenters. The summed E-state index contributed by atoms with van der Waals surface area (Å²) in [6, 6.07) is 2.02. The zero-order valence-corrected chi connectivity index (χ0v) is 13.8. The molecular formula is C17H28N2O. The molecule has 3 heteroatoms. The van der Waals surface area contributed by atoms with Crippen molar-refractivity contribution >= 4 is 5.78 Å². The van der Waals surface area contributed by atoms with Gasteiger partial charge in [0.25, 0.3) is 0 Å². The van der Waals surface area contributed by atoms with Crippen LogP contribution in [0.3, 0.4) is 0 Å². The first-order chi connectivity index (χ1) is 9.20. The van der Waals surface area contributed by atoms with Crippen molar-refractivity contribution in [2.45, 2.75) is 41.0 Å². The van der Waals surface area contributed by atoms with E-state index in [1.807, 2.05) is 20.0 Å². The van der Waals surface area contributed by atoms with E-state index in [9.17, 15) is 4.79 Å². The standard InChI is InChI=1S/C17H28N2O/c1-12-9-15(13(2)18(12)6)16(20)11-19-8-7-14(10-19)17(3,4)5/h9,14H,7-8,10-11H2,1-6H3. The maximum Gasteiger partial charge on any atom is 0.178 e. The van der Waals surface area contributed by atoms with Crippen molar-refractivity contribution in [3.63, 3.8) is 0 Å². The lowest BCUT2D eigenvalue weighted by molar-refractivity contribution is 0.0937. The second-order valence-corrected chi connectivity index (χ2v) is 7.35. The molecule has 0 bridgehead atoms. The van der Waals surface area contributed by atoms with Crippen LogP contribution in [0.5, 0.6) is 0 Å². The van der Waals surface area contributed by atoms with Gasteiger partial charge in [0.2, 0.25) is 0 Å². The fourth-order valence-electron chi connectivity index (χ4n) is 3.11. The first-order valence-electron chi connectivity index (χ1n) is 7.58. The number of carbonyl (C=O) groups excluding carboxylic acids is 1. The molecule has 3 nitrogen and oxygen atoms in total. The largest absolute Gasteiger partial charge is 0.351 e. The average Bonchev–Trinajstić information content (AvgIpc) is 2.90. The molecule has 1 aliphatic heterocycles. The third-order valence-electron chi connectivity index (χ3n) is 4.94. The summed E-state index contributed by atoms with van der Waals surface area (Å²) in [6.07, 6.45) is 1.21. The Morgan fingerprint density at radius 3 is 2.45 bits per heavy atom. The number of carbonyl (C=O) groups is 1. The van der Waals surface area contributed by atoms with E-state index in [2.05, 4.69) is 37.2 Å². The molecule has 2 heterocycles. The number of hydrogen-bond donors (Lipinski definition) is 0. The number of rotatable bonds is 3. The van der Waals surface area contributed by atoms with Crippen LogP contribution in [-0.4, -0.2) is 34.9 Å². The Morgan fingerprint density at radius 1 is 1.35 bits per heavy atom. The van der Waals surface area contributed by atoms with Crippen LogP contribution in [-0.2, 0) is 7.05 Å². The molecule has 20 heavy (non-hydrogen) atoms. The molecule has 1 atom stereocenters. The van der Waals surface area contributed by atoms with Gasteiger partial charge in [0, 0.05) is 30.5 Å². The van der Waals surface area contributed by atoms with Gasteiger partial charge in [0.15, 0.2) is 5.78 Å². The molecule has 1 saturated heterocycles. The predicted octanol–water partition coefficient (Wildman–Crippen LogP) is 3.19. The number of Topliss-reactive ketones (excluding diaryl/α,β-unsaturated/α-hetero) is 1. The van der Waals surface area contributed by atoms with Crippen LogP contribution in [0.2, 0.25) is 0 Å². The van der Waals surface area contributed by atoms with Crippen molar-refractivity contribution in [2.75, 3.05) is 19.6 Å². The number of ketones is 1. The first kappa shape index (κ1) is 15.3. The first-order valence-corrected chi connectivity index (χ1v) is 7.58. The summed E-state index contributed by atoms with van der Waals surface area (Å²) in [5.41, 5.74) is 3.47. The maximum absolute atomic E-state index is 12.5. The van der Waals surface area contributed by atoms with Crippen molar-refractivity contribution in [1.82, 2.24) is 9.47 Å². The van der Waals surface area contributed by atoms with Gasteiger partial charge in [-0.3, -0.25) is 9.69 Å². The van der Waals surface area contributed by atoms with Gasteiger partial charge in [0.1, 0.15) is 0 Å². The summed E-state index contributed by atoms with van der Waals surface area (Å²) >= 11 is 0. The third-order valence-corrected chi connectivity index (χ3v) is 4.94. The van der Waals surface area contributed by atoms with Crippen LogP contribution in [0.15, 0.2) is 6.07 Å². The van der Waals surface area contributed by atoms with Crippen LogP contribution in [0.1, 0.15) is 48.9 Å². The van der Waals surface area contributed by atoms with Crippen molar-refractivity contribution < 1.29 is 4.79 Å². The number of hydrogen-bond acceptors (Lipinski definition) is 2. The van der Waals surface area contributed by atoms with Crippen LogP contribution < -0.4 is 0 Å². The van der Waals surface area contributed by atoms with Crippen molar-refractivity contribution in [1.29, 1.82) is 0 Å². The van der Waals surface area contributed by atoms with Gasteiger partial charge in [-0.15, -0.1) is 0 Å². The second kappa shape index (κ2) is 5.36. The number of aryl methyl sites for hydroxylation is 1. The highest BCUT2D eigenvalue weighted by Gasteiger charge is 2.32. The molecule has 2 rings (SSSR count). The Labute approximate surface area is 123 Å². The van der Waals surface area contributed by atoms with E-state index in [-0.39, 0.29) is 5.78 Å². The minimum absolute atomic E-state index is 0.265. The molecule has 1 aliphatic rings. The molecule has 0 aliphatic carbocycles. The minimum atomic E-state index is 0.265. The Hall–Kier alpha value is -1.09. The molecule has 0 spiro atoms. The Bertz CT molecular complexity index is 508. The van der Waals surface area contributed by atoms with Gasteiger partial charge in [-0.1, -0.05) is 20.8 Å². The van der Waals surface area contributed by atoms with E-state index in [1.165, 1.54) is 6.42 Å². The summed E-state index contributed by atoms with van der Waals surface area (Å²) < 4.78 is 2.09. The number of nitrogens with zero attached hydrogens (tertiary/aromatic N) is 2. The van der Waals surface area contributed by atoms with E-state index < -0.39 is 0 Å². The average molecular weight is 276 g/mol. The molecule has 1 aromatic heterocycles. The lowest BCUT2D eigenvalue weighted by Gasteiger charge is -2.27. The van der Waals surface area contributed by atoms with E-state index in [4.69, 9.17) is 0 Å². The molecule has 0 saturated carbocycles. The van der Waals surface area contributed by atoms with E-state index in [0.717, 1.165) is 30.0 Å². The topological polar surface area (TPSA) is 25.2 Å². The maximum atomic E-state index is 12.5. The molecule has 1 fully saturated rings.